The number of hydrogen-bond donors (Lipinski definition) is 1. The highest BCUT2D eigenvalue weighted by Crippen LogP contribution is 2.33. The molecule has 1 heterocycles. The topological polar surface area (TPSA) is 41.6 Å². The van der Waals surface area contributed by atoms with Crippen molar-refractivity contribution >= 4 is 46.6 Å². The Morgan fingerprint density at radius 1 is 1.19 bits per heavy atom. The zero-order valence-electron chi connectivity index (χ0n) is 14.9. The molecule has 2 aromatic rings. The van der Waals surface area contributed by atoms with Crippen molar-refractivity contribution < 1.29 is 9.53 Å². The molecule has 27 heavy (non-hydrogen) atoms. The second kappa shape index (κ2) is 10.2. The zero-order chi connectivity index (χ0) is 19.1. The van der Waals surface area contributed by atoms with Crippen LogP contribution in [0.4, 0.5) is 5.69 Å². The standard InChI is InChI=1S/C20H22Cl2N2O2S/c21-15-6-7-18(16(22)14-15)26-12-10-23-9-8-20(25)24-11-3-13-27-19-5-2-1-4-17(19)24/h1-2,4-7,14,23H,3,8-13H2. The molecule has 0 fully saturated rings. The largest absolute Gasteiger partial charge is 0.491 e. The van der Waals surface area contributed by atoms with Crippen LogP contribution in [0, 0.1) is 0 Å². The molecule has 2 aromatic carbocycles. The van der Waals surface area contributed by atoms with Gasteiger partial charge in [0.1, 0.15) is 12.4 Å². The van der Waals surface area contributed by atoms with Crippen LogP contribution in [0.5, 0.6) is 5.75 Å². The summed E-state index contributed by atoms with van der Waals surface area (Å²) >= 11 is 13.8. The molecule has 0 saturated heterocycles. The van der Waals surface area contributed by atoms with Gasteiger partial charge in [0.15, 0.2) is 0 Å². The van der Waals surface area contributed by atoms with Gasteiger partial charge in [-0.2, -0.15) is 0 Å². The molecule has 0 atom stereocenters. The number of carbonyl (C=O) groups excluding carboxylic acids is 1. The maximum atomic E-state index is 12.7. The van der Waals surface area contributed by atoms with Crippen LogP contribution >= 0.6 is 35.0 Å². The Labute approximate surface area is 174 Å². The van der Waals surface area contributed by atoms with Gasteiger partial charge in [0.2, 0.25) is 5.91 Å². The molecule has 0 unspecified atom stereocenters. The van der Waals surface area contributed by atoms with Crippen molar-refractivity contribution in [2.75, 3.05) is 36.9 Å². The van der Waals surface area contributed by atoms with Crippen molar-refractivity contribution in [3.8, 4) is 5.75 Å². The number of amides is 1. The quantitative estimate of drug-likeness (QED) is 0.642. The van der Waals surface area contributed by atoms with Gasteiger partial charge in [-0.25, -0.2) is 0 Å². The van der Waals surface area contributed by atoms with Crippen molar-refractivity contribution in [2.45, 2.75) is 17.7 Å². The van der Waals surface area contributed by atoms with Crippen LogP contribution in [0.15, 0.2) is 47.4 Å². The average Bonchev–Trinajstić information content (AvgIpc) is 2.88. The molecule has 3 rings (SSSR count). The molecule has 4 nitrogen and oxygen atoms in total. The number of halogens is 2. The Morgan fingerprint density at radius 2 is 2.04 bits per heavy atom. The minimum atomic E-state index is 0.152. The van der Waals surface area contributed by atoms with Crippen molar-refractivity contribution in [1.82, 2.24) is 5.32 Å². The number of carbonyl (C=O) groups is 1. The summed E-state index contributed by atoms with van der Waals surface area (Å²) in [5.74, 6) is 1.81. The van der Waals surface area contributed by atoms with E-state index in [4.69, 9.17) is 27.9 Å². The Bertz CT molecular complexity index is 788. The molecule has 0 aromatic heterocycles. The van der Waals surface area contributed by atoms with E-state index in [0.717, 1.165) is 24.4 Å². The summed E-state index contributed by atoms with van der Waals surface area (Å²) in [7, 11) is 0. The highest BCUT2D eigenvalue weighted by Gasteiger charge is 2.20. The second-order valence-electron chi connectivity index (χ2n) is 6.14. The lowest BCUT2D eigenvalue weighted by Crippen LogP contribution is -2.34. The number of rotatable bonds is 7. The number of hydrogen-bond acceptors (Lipinski definition) is 4. The molecule has 1 N–H and O–H groups in total. The molecule has 1 aliphatic rings. The SMILES string of the molecule is O=C(CCNCCOc1ccc(Cl)cc1Cl)N1CCCSc2ccccc21. The van der Waals surface area contributed by atoms with Crippen molar-refractivity contribution in [1.29, 1.82) is 0 Å². The van der Waals surface area contributed by atoms with E-state index in [-0.39, 0.29) is 5.91 Å². The van der Waals surface area contributed by atoms with Gasteiger partial charge in [-0.15, -0.1) is 11.8 Å². The summed E-state index contributed by atoms with van der Waals surface area (Å²) in [6, 6.07) is 13.3. The predicted octanol–water partition coefficient (Wildman–Crippen LogP) is 4.88. The zero-order valence-corrected chi connectivity index (χ0v) is 17.2. The molecule has 0 saturated carbocycles. The summed E-state index contributed by atoms with van der Waals surface area (Å²) in [5.41, 5.74) is 1.03. The van der Waals surface area contributed by atoms with E-state index in [1.165, 1.54) is 4.90 Å². The predicted molar refractivity (Wildman–Crippen MR) is 114 cm³/mol. The van der Waals surface area contributed by atoms with Gasteiger partial charge < -0.3 is 15.0 Å². The van der Waals surface area contributed by atoms with E-state index in [9.17, 15) is 4.79 Å². The van der Waals surface area contributed by atoms with E-state index in [1.807, 2.05) is 34.9 Å². The first-order chi connectivity index (χ1) is 13.1. The Morgan fingerprint density at radius 3 is 2.89 bits per heavy atom. The summed E-state index contributed by atoms with van der Waals surface area (Å²) in [4.78, 5) is 15.8. The fraction of sp³-hybridized carbons (Fsp3) is 0.350. The third kappa shape index (κ3) is 5.79. The van der Waals surface area contributed by atoms with Gasteiger partial charge in [0.25, 0.3) is 0 Å². The lowest BCUT2D eigenvalue weighted by molar-refractivity contribution is -0.118. The van der Waals surface area contributed by atoms with Gasteiger partial charge in [-0.05, 0) is 42.5 Å². The Balaban J connectivity index is 1.41. The van der Waals surface area contributed by atoms with Gasteiger partial charge in [0.05, 0.1) is 10.7 Å². The van der Waals surface area contributed by atoms with Gasteiger partial charge >= 0.3 is 0 Å². The van der Waals surface area contributed by atoms with E-state index >= 15 is 0 Å². The molecule has 0 aliphatic carbocycles. The van der Waals surface area contributed by atoms with Crippen LogP contribution in [-0.4, -0.2) is 37.9 Å². The molecular weight excluding hydrogens is 403 g/mol. The summed E-state index contributed by atoms with van der Waals surface area (Å²) in [5, 5.41) is 4.33. The first-order valence-corrected chi connectivity index (χ1v) is 10.7. The van der Waals surface area contributed by atoms with Crippen LogP contribution in [0.1, 0.15) is 12.8 Å². The third-order valence-corrected chi connectivity index (χ3v) is 5.87. The van der Waals surface area contributed by atoms with Crippen molar-refractivity contribution in [3.63, 3.8) is 0 Å². The number of ether oxygens (including phenoxy) is 1. The first kappa shape index (κ1) is 20.3. The molecule has 1 amide bonds. The van der Waals surface area contributed by atoms with Crippen molar-refractivity contribution in [3.05, 3.63) is 52.5 Å². The van der Waals surface area contributed by atoms with E-state index < -0.39 is 0 Å². The number of thioether (sulfide) groups is 1. The van der Waals surface area contributed by atoms with Crippen molar-refractivity contribution in [2.24, 2.45) is 0 Å². The number of benzene rings is 2. The van der Waals surface area contributed by atoms with Crippen LogP contribution in [0.25, 0.3) is 0 Å². The summed E-state index contributed by atoms with van der Waals surface area (Å²) in [6.45, 7) is 2.50. The lowest BCUT2D eigenvalue weighted by atomic mass is 10.2. The van der Waals surface area contributed by atoms with Crippen LogP contribution in [0.3, 0.4) is 0 Å². The fourth-order valence-corrected chi connectivity index (χ4v) is 4.32. The molecule has 1 aliphatic heterocycles. The van der Waals surface area contributed by atoms with E-state index in [0.29, 0.717) is 41.9 Å². The number of fused-ring (bicyclic) bond motifs is 1. The average molecular weight is 425 g/mol. The number of para-hydroxylation sites is 1. The third-order valence-electron chi connectivity index (χ3n) is 4.19. The highest BCUT2D eigenvalue weighted by molar-refractivity contribution is 7.99. The van der Waals surface area contributed by atoms with Gasteiger partial charge in [0, 0.05) is 36.0 Å². The minimum Gasteiger partial charge on any atom is -0.491 e. The summed E-state index contributed by atoms with van der Waals surface area (Å²) in [6.07, 6.45) is 1.47. The van der Waals surface area contributed by atoms with Crippen LogP contribution < -0.4 is 15.0 Å². The monoisotopic (exact) mass is 424 g/mol. The van der Waals surface area contributed by atoms with E-state index in [2.05, 4.69) is 11.4 Å². The number of nitrogens with one attached hydrogen (secondary N) is 1. The molecule has 0 bridgehead atoms. The normalized spacial score (nSPS) is 13.8. The maximum Gasteiger partial charge on any atom is 0.228 e. The second-order valence-corrected chi connectivity index (χ2v) is 8.12. The smallest absolute Gasteiger partial charge is 0.228 e. The molecule has 7 heteroatoms. The minimum absolute atomic E-state index is 0.152. The molecule has 144 valence electrons. The van der Waals surface area contributed by atoms with Gasteiger partial charge in [-0.3, -0.25) is 4.79 Å². The fourth-order valence-electron chi connectivity index (χ4n) is 2.87. The van der Waals surface area contributed by atoms with Gasteiger partial charge in [-0.1, -0.05) is 35.3 Å². The summed E-state index contributed by atoms with van der Waals surface area (Å²) < 4.78 is 5.63. The Hall–Kier alpha value is -1.40. The maximum absolute atomic E-state index is 12.7. The first-order valence-electron chi connectivity index (χ1n) is 8.96. The number of anilines is 1. The highest BCUT2D eigenvalue weighted by atomic mass is 35.5. The molecule has 0 radical (unpaired) electrons. The van der Waals surface area contributed by atoms with E-state index in [1.54, 1.807) is 18.2 Å². The number of nitrogens with zero attached hydrogens (tertiary/aromatic N) is 1. The molecular formula is C20H22Cl2N2O2S. The molecule has 0 spiro atoms. The Kier molecular flexibility index (Phi) is 7.70. The lowest BCUT2D eigenvalue weighted by Gasteiger charge is -2.22. The van der Waals surface area contributed by atoms with Crippen LogP contribution in [0.2, 0.25) is 10.0 Å². The van der Waals surface area contributed by atoms with Crippen LogP contribution in [-0.2, 0) is 4.79 Å².